The summed E-state index contributed by atoms with van der Waals surface area (Å²) < 4.78 is 6.24. The molecule has 0 saturated heterocycles. The Bertz CT molecular complexity index is 246. The van der Waals surface area contributed by atoms with Crippen molar-refractivity contribution >= 4 is 5.97 Å². The van der Waals surface area contributed by atoms with E-state index < -0.39 is 5.97 Å². The van der Waals surface area contributed by atoms with Gasteiger partial charge >= 0.3 is 5.97 Å². The van der Waals surface area contributed by atoms with Crippen molar-refractivity contribution in [2.24, 2.45) is 5.92 Å². The zero-order chi connectivity index (χ0) is 14.7. The summed E-state index contributed by atoms with van der Waals surface area (Å²) in [6.45, 7) is 8.73. The molecule has 0 rings (SSSR count). The van der Waals surface area contributed by atoms with Crippen molar-refractivity contribution in [3.05, 3.63) is 0 Å². The van der Waals surface area contributed by atoms with Crippen molar-refractivity contribution in [1.82, 2.24) is 0 Å². The molecule has 4 heteroatoms. The summed E-state index contributed by atoms with van der Waals surface area (Å²) >= 11 is 0. The molecule has 0 heterocycles. The van der Waals surface area contributed by atoms with Gasteiger partial charge in [0.05, 0.1) is 26.7 Å². The van der Waals surface area contributed by atoms with Gasteiger partial charge in [0.15, 0.2) is 0 Å². The second-order valence-corrected chi connectivity index (χ2v) is 5.93. The van der Waals surface area contributed by atoms with Crippen LogP contribution in [0.2, 0.25) is 0 Å². The Hall–Kier alpha value is -0.610. The molecular formula is C15H32NO3+. The molecule has 2 atom stereocenters. The summed E-state index contributed by atoms with van der Waals surface area (Å²) in [5.41, 5.74) is 0. The number of unbranched alkanes of at least 4 members (excludes halogenated alkanes) is 2. The number of carbonyl (C=O) groups is 1. The quantitative estimate of drug-likeness (QED) is 0.440. The summed E-state index contributed by atoms with van der Waals surface area (Å²) in [6, 6.07) is 0. The van der Waals surface area contributed by atoms with Crippen molar-refractivity contribution in [2.45, 2.75) is 46.0 Å². The number of quaternary nitrogens is 1. The SMILES string of the molecule is CC[N+](C)(CCOC)CC(C)CCCCCC(=O)O. The normalized spacial score (nSPS) is 16.0. The van der Waals surface area contributed by atoms with Crippen LogP contribution in [-0.2, 0) is 9.53 Å². The Morgan fingerprint density at radius 1 is 1.32 bits per heavy atom. The molecule has 114 valence electrons. The van der Waals surface area contributed by atoms with Crippen molar-refractivity contribution in [2.75, 3.05) is 40.4 Å². The summed E-state index contributed by atoms with van der Waals surface area (Å²) in [5.74, 6) is 0.00877. The van der Waals surface area contributed by atoms with Crippen LogP contribution in [0.1, 0.15) is 46.0 Å². The lowest BCUT2D eigenvalue weighted by Gasteiger charge is -2.35. The van der Waals surface area contributed by atoms with Gasteiger partial charge in [-0.05, 0) is 19.8 Å². The van der Waals surface area contributed by atoms with Gasteiger partial charge < -0.3 is 14.3 Å². The van der Waals surface area contributed by atoms with Crippen LogP contribution in [0, 0.1) is 5.92 Å². The van der Waals surface area contributed by atoms with Crippen LogP contribution in [-0.4, -0.2) is 56.0 Å². The van der Waals surface area contributed by atoms with Gasteiger partial charge in [-0.1, -0.05) is 19.8 Å². The molecule has 0 aromatic rings. The molecule has 2 unspecified atom stereocenters. The molecule has 0 fully saturated rings. The van der Waals surface area contributed by atoms with E-state index in [1.807, 2.05) is 0 Å². The Labute approximate surface area is 118 Å². The number of likely N-dealkylation sites (N-methyl/N-ethyl adjacent to an activating group) is 1. The van der Waals surface area contributed by atoms with Crippen molar-refractivity contribution in [1.29, 1.82) is 0 Å². The van der Waals surface area contributed by atoms with Crippen LogP contribution in [0.3, 0.4) is 0 Å². The third-order valence-electron chi connectivity index (χ3n) is 3.94. The molecule has 0 saturated carbocycles. The molecule has 0 aromatic carbocycles. The number of aliphatic carboxylic acids is 1. The number of hydrogen-bond donors (Lipinski definition) is 1. The molecule has 0 spiro atoms. The lowest BCUT2D eigenvalue weighted by molar-refractivity contribution is -0.911. The van der Waals surface area contributed by atoms with E-state index in [1.54, 1.807) is 7.11 Å². The van der Waals surface area contributed by atoms with Gasteiger partial charge in [0.1, 0.15) is 6.54 Å². The lowest BCUT2D eigenvalue weighted by Crippen LogP contribution is -2.48. The number of methoxy groups -OCH3 is 1. The van der Waals surface area contributed by atoms with Crippen LogP contribution in [0.15, 0.2) is 0 Å². The van der Waals surface area contributed by atoms with E-state index in [9.17, 15) is 4.79 Å². The van der Waals surface area contributed by atoms with Crippen LogP contribution in [0.5, 0.6) is 0 Å². The first-order valence-corrected chi connectivity index (χ1v) is 7.48. The Morgan fingerprint density at radius 2 is 2.00 bits per heavy atom. The number of carboxylic acids is 1. The summed E-state index contributed by atoms with van der Waals surface area (Å²) in [5, 5.41) is 8.57. The first-order valence-electron chi connectivity index (χ1n) is 7.48. The van der Waals surface area contributed by atoms with E-state index >= 15 is 0 Å². The molecule has 1 N–H and O–H groups in total. The van der Waals surface area contributed by atoms with Crippen LogP contribution < -0.4 is 0 Å². The van der Waals surface area contributed by atoms with E-state index in [-0.39, 0.29) is 0 Å². The minimum atomic E-state index is -0.678. The van der Waals surface area contributed by atoms with E-state index in [4.69, 9.17) is 9.84 Å². The molecule has 0 aliphatic heterocycles. The molecule has 19 heavy (non-hydrogen) atoms. The van der Waals surface area contributed by atoms with Gasteiger partial charge in [-0.25, -0.2) is 0 Å². The summed E-state index contributed by atoms with van der Waals surface area (Å²) in [6.07, 6.45) is 4.49. The topological polar surface area (TPSA) is 46.5 Å². The first-order chi connectivity index (χ1) is 8.93. The summed E-state index contributed by atoms with van der Waals surface area (Å²) in [7, 11) is 4.05. The lowest BCUT2D eigenvalue weighted by atomic mass is 10.0. The molecule has 0 aliphatic carbocycles. The van der Waals surface area contributed by atoms with Gasteiger partial charge in [-0.15, -0.1) is 0 Å². The van der Waals surface area contributed by atoms with Crippen LogP contribution in [0.4, 0.5) is 0 Å². The Morgan fingerprint density at radius 3 is 2.53 bits per heavy atom. The van der Waals surface area contributed by atoms with Crippen molar-refractivity contribution in [3.63, 3.8) is 0 Å². The third kappa shape index (κ3) is 9.91. The Kier molecular flexibility index (Phi) is 9.88. The second-order valence-electron chi connectivity index (χ2n) is 5.93. The minimum Gasteiger partial charge on any atom is -0.481 e. The minimum absolute atomic E-state index is 0.310. The summed E-state index contributed by atoms with van der Waals surface area (Å²) in [4.78, 5) is 10.4. The van der Waals surface area contributed by atoms with Crippen LogP contribution in [0.25, 0.3) is 0 Å². The molecule has 0 radical (unpaired) electrons. The third-order valence-corrected chi connectivity index (χ3v) is 3.94. The fraction of sp³-hybridized carbons (Fsp3) is 0.933. The van der Waals surface area contributed by atoms with E-state index in [2.05, 4.69) is 20.9 Å². The maximum Gasteiger partial charge on any atom is 0.303 e. The maximum absolute atomic E-state index is 10.4. The van der Waals surface area contributed by atoms with Gasteiger partial charge in [-0.3, -0.25) is 4.79 Å². The number of hydrogen-bond acceptors (Lipinski definition) is 2. The van der Waals surface area contributed by atoms with E-state index in [0.717, 1.165) is 43.4 Å². The highest BCUT2D eigenvalue weighted by Gasteiger charge is 2.21. The van der Waals surface area contributed by atoms with Gasteiger partial charge in [0.25, 0.3) is 0 Å². The smallest absolute Gasteiger partial charge is 0.303 e. The molecule has 0 aliphatic rings. The molecule has 4 nitrogen and oxygen atoms in total. The molecular weight excluding hydrogens is 242 g/mol. The van der Waals surface area contributed by atoms with E-state index in [1.165, 1.54) is 13.0 Å². The van der Waals surface area contributed by atoms with Crippen molar-refractivity contribution < 1.29 is 19.1 Å². The van der Waals surface area contributed by atoms with E-state index in [0.29, 0.717) is 12.3 Å². The number of nitrogens with zero attached hydrogens (tertiary/aromatic N) is 1. The van der Waals surface area contributed by atoms with Crippen molar-refractivity contribution in [3.8, 4) is 0 Å². The predicted molar refractivity (Wildman–Crippen MR) is 78.2 cm³/mol. The monoisotopic (exact) mass is 274 g/mol. The second kappa shape index (κ2) is 10.2. The average molecular weight is 274 g/mol. The van der Waals surface area contributed by atoms with Gasteiger partial charge in [0, 0.05) is 19.4 Å². The predicted octanol–water partition coefficient (Wildman–Crippen LogP) is 2.77. The molecule has 0 aromatic heterocycles. The molecule has 0 amide bonds. The highest BCUT2D eigenvalue weighted by atomic mass is 16.5. The van der Waals surface area contributed by atoms with Gasteiger partial charge in [-0.2, -0.15) is 0 Å². The van der Waals surface area contributed by atoms with Gasteiger partial charge in [0.2, 0.25) is 0 Å². The largest absolute Gasteiger partial charge is 0.481 e. The fourth-order valence-electron chi connectivity index (χ4n) is 2.48. The first kappa shape index (κ1) is 18.4. The molecule has 0 bridgehead atoms. The standard InChI is InChI=1S/C15H31NO3/c1-5-16(3,11-12-19-4)13-14(2)9-7-6-8-10-15(17)18/h14H,5-13H2,1-4H3/p+1. The van der Waals surface area contributed by atoms with Crippen LogP contribution >= 0.6 is 0 Å². The zero-order valence-corrected chi connectivity index (χ0v) is 13.2. The fourth-order valence-corrected chi connectivity index (χ4v) is 2.48. The number of ether oxygens (including phenoxy) is 1. The average Bonchev–Trinajstić information content (AvgIpc) is 2.35. The Balaban J connectivity index is 3.81. The maximum atomic E-state index is 10.4. The number of carboxylic acid groups (broad SMARTS) is 1. The highest BCUT2D eigenvalue weighted by Crippen LogP contribution is 2.15. The zero-order valence-electron chi connectivity index (χ0n) is 13.2. The highest BCUT2D eigenvalue weighted by molar-refractivity contribution is 5.66. The number of rotatable bonds is 12.